The molecule has 0 spiro atoms. The van der Waals surface area contributed by atoms with E-state index in [9.17, 15) is 0 Å². The van der Waals surface area contributed by atoms with Crippen molar-refractivity contribution >= 4 is 0 Å². The van der Waals surface area contributed by atoms with Crippen molar-refractivity contribution in [3.63, 3.8) is 0 Å². The largest absolute Gasteiger partial charge is 0.492 e. The molecule has 3 heteroatoms. The molecule has 1 N–H and O–H groups in total. The summed E-state index contributed by atoms with van der Waals surface area (Å²) in [5.74, 6) is 0.877. The average molecular weight is 230 g/mol. The summed E-state index contributed by atoms with van der Waals surface area (Å²) in [6.45, 7) is 2.69. The Morgan fingerprint density at radius 1 is 1.41 bits per heavy atom. The van der Waals surface area contributed by atoms with Gasteiger partial charge < -0.3 is 10.1 Å². The van der Waals surface area contributed by atoms with Crippen LogP contribution in [0.5, 0.6) is 5.75 Å². The molecule has 0 saturated carbocycles. The van der Waals surface area contributed by atoms with Crippen LogP contribution in [-0.4, -0.2) is 23.7 Å². The normalized spacial score (nSPS) is 26.1. The lowest BCUT2D eigenvalue weighted by molar-refractivity contribution is 0.338. The Morgan fingerprint density at radius 2 is 2.35 bits per heavy atom. The van der Waals surface area contributed by atoms with Crippen molar-refractivity contribution in [1.29, 1.82) is 0 Å². The van der Waals surface area contributed by atoms with Crippen LogP contribution in [0.2, 0.25) is 0 Å². The Hall–Kier alpha value is -1.35. The van der Waals surface area contributed by atoms with Crippen LogP contribution in [0.1, 0.15) is 25.3 Å². The molecule has 2 aliphatic heterocycles. The minimum absolute atomic E-state index is 0.607. The van der Waals surface area contributed by atoms with E-state index in [0.29, 0.717) is 18.7 Å². The van der Waals surface area contributed by atoms with Gasteiger partial charge in [0.25, 0.3) is 0 Å². The van der Waals surface area contributed by atoms with Gasteiger partial charge in [0.05, 0.1) is 12.8 Å². The van der Waals surface area contributed by atoms with Crippen molar-refractivity contribution in [1.82, 2.24) is 10.3 Å². The molecule has 3 nitrogen and oxygen atoms in total. The molecule has 2 aliphatic rings. The highest BCUT2D eigenvalue weighted by molar-refractivity contribution is 5.33. The van der Waals surface area contributed by atoms with Crippen molar-refractivity contribution in [2.45, 2.75) is 38.3 Å². The lowest BCUT2D eigenvalue weighted by Crippen LogP contribution is -2.22. The van der Waals surface area contributed by atoms with Crippen LogP contribution in [0.4, 0.5) is 0 Å². The number of fused-ring (bicyclic) bond motifs is 2. The molecule has 2 bridgehead atoms. The minimum Gasteiger partial charge on any atom is -0.492 e. The first-order valence-electron chi connectivity index (χ1n) is 6.38. The minimum atomic E-state index is 0.607. The van der Waals surface area contributed by atoms with Gasteiger partial charge >= 0.3 is 0 Å². The molecule has 1 aromatic rings. The van der Waals surface area contributed by atoms with E-state index in [0.717, 1.165) is 12.2 Å². The SMILES string of the molecule is CCOc1cncc(CC2=CC3CCC2N3)c1. The summed E-state index contributed by atoms with van der Waals surface area (Å²) in [4.78, 5) is 4.23. The Morgan fingerprint density at radius 3 is 3.06 bits per heavy atom. The first kappa shape index (κ1) is 10.8. The summed E-state index contributed by atoms with van der Waals surface area (Å²) in [5, 5.41) is 3.59. The van der Waals surface area contributed by atoms with Crippen molar-refractivity contribution in [3.05, 3.63) is 35.7 Å². The molecule has 1 aromatic heterocycles. The smallest absolute Gasteiger partial charge is 0.137 e. The third-order valence-corrected chi connectivity index (χ3v) is 3.53. The lowest BCUT2D eigenvalue weighted by atomic mass is 9.94. The van der Waals surface area contributed by atoms with Crippen LogP contribution in [0.25, 0.3) is 0 Å². The fraction of sp³-hybridized carbons (Fsp3) is 0.500. The summed E-state index contributed by atoms with van der Waals surface area (Å²) in [7, 11) is 0. The van der Waals surface area contributed by atoms with E-state index >= 15 is 0 Å². The first-order valence-corrected chi connectivity index (χ1v) is 6.38. The maximum absolute atomic E-state index is 5.48. The van der Waals surface area contributed by atoms with Gasteiger partial charge in [-0.15, -0.1) is 0 Å². The van der Waals surface area contributed by atoms with Crippen LogP contribution in [0, 0.1) is 0 Å². The molecule has 0 aliphatic carbocycles. The Kier molecular flexibility index (Phi) is 2.85. The summed E-state index contributed by atoms with van der Waals surface area (Å²) in [6, 6.07) is 3.33. The molecular formula is C14H18N2O. The van der Waals surface area contributed by atoms with Gasteiger partial charge in [-0.05, 0) is 37.8 Å². The number of rotatable bonds is 4. The van der Waals surface area contributed by atoms with Crippen molar-refractivity contribution in [3.8, 4) is 5.75 Å². The molecule has 17 heavy (non-hydrogen) atoms. The highest BCUT2D eigenvalue weighted by Gasteiger charge is 2.31. The summed E-state index contributed by atoms with van der Waals surface area (Å²) < 4.78 is 5.48. The molecule has 2 atom stereocenters. The van der Waals surface area contributed by atoms with E-state index in [1.807, 2.05) is 13.1 Å². The summed E-state index contributed by atoms with van der Waals surface area (Å²) in [5.41, 5.74) is 2.77. The molecule has 0 aromatic carbocycles. The lowest BCUT2D eigenvalue weighted by Gasteiger charge is -2.12. The zero-order chi connectivity index (χ0) is 11.7. The van der Waals surface area contributed by atoms with Crippen LogP contribution in [0.15, 0.2) is 30.1 Å². The van der Waals surface area contributed by atoms with E-state index in [4.69, 9.17) is 4.74 Å². The summed E-state index contributed by atoms with van der Waals surface area (Å²) in [6.07, 6.45) is 9.69. The van der Waals surface area contributed by atoms with Gasteiger partial charge in [-0.25, -0.2) is 0 Å². The number of hydrogen-bond acceptors (Lipinski definition) is 3. The van der Waals surface area contributed by atoms with Gasteiger partial charge in [-0.1, -0.05) is 11.6 Å². The van der Waals surface area contributed by atoms with Crippen LogP contribution in [0.3, 0.4) is 0 Å². The zero-order valence-electron chi connectivity index (χ0n) is 10.1. The van der Waals surface area contributed by atoms with Crippen LogP contribution >= 0.6 is 0 Å². The van der Waals surface area contributed by atoms with Crippen LogP contribution in [-0.2, 0) is 6.42 Å². The Labute approximate surface area is 102 Å². The van der Waals surface area contributed by atoms with Gasteiger partial charge in [0.2, 0.25) is 0 Å². The third kappa shape index (κ3) is 2.20. The van der Waals surface area contributed by atoms with Crippen molar-refractivity contribution in [2.24, 2.45) is 0 Å². The van der Waals surface area contributed by atoms with E-state index in [-0.39, 0.29) is 0 Å². The molecular weight excluding hydrogens is 212 g/mol. The fourth-order valence-electron chi connectivity index (χ4n) is 2.79. The van der Waals surface area contributed by atoms with Crippen molar-refractivity contribution in [2.75, 3.05) is 6.61 Å². The van der Waals surface area contributed by atoms with Gasteiger partial charge in [-0.2, -0.15) is 0 Å². The Bertz CT molecular complexity index is 442. The maximum atomic E-state index is 5.48. The fourth-order valence-corrected chi connectivity index (χ4v) is 2.79. The molecule has 0 amide bonds. The highest BCUT2D eigenvalue weighted by atomic mass is 16.5. The second-order valence-corrected chi connectivity index (χ2v) is 4.78. The van der Waals surface area contributed by atoms with Gasteiger partial charge in [0.1, 0.15) is 5.75 Å². The quantitative estimate of drug-likeness (QED) is 0.804. The van der Waals surface area contributed by atoms with Crippen LogP contribution < -0.4 is 10.1 Å². The molecule has 1 saturated heterocycles. The van der Waals surface area contributed by atoms with E-state index < -0.39 is 0 Å². The van der Waals surface area contributed by atoms with E-state index in [1.165, 1.54) is 24.0 Å². The highest BCUT2D eigenvalue weighted by Crippen LogP contribution is 2.30. The molecule has 0 radical (unpaired) electrons. The average Bonchev–Trinajstić information content (AvgIpc) is 2.92. The van der Waals surface area contributed by atoms with E-state index in [2.05, 4.69) is 22.4 Å². The van der Waals surface area contributed by atoms with Gasteiger partial charge in [0, 0.05) is 18.3 Å². The molecule has 3 heterocycles. The zero-order valence-corrected chi connectivity index (χ0v) is 10.1. The number of hydrogen-bond donors (Lipinski definition) is 1. The molecule has 2 unspecified atom stereocenters. The molecule has 1 fully saturated rings. The van der Waals surface area contributed by atoms with Gasteiger partial charge in [-0.3, -0.25) is 4.98 Å². The second kappa shape index (κ2) is 4.49. The molecule has 90 valence electrons. The Balaban J connectivity index is 1.72. The number of pyridine rings is 1. The van der Waals surface area contributed by atoms with E-state index in [1.54, 1.807) is 6.20 Å². The second-order valence-electron chi connectivity index (χ2n) is 4.78. The predicted molar refractivity (Wildman–Crippen MR) is 67.1 cm³/mol. The standard InChI is InChI=1S/C14H18N2O/c1-2-17-13-6-10(8-15-9-13)5-11-7-12-3-4-14(11)16-12/h6-9,12,14,16H,2-5H2,1H3. The van der Waals surface area contributed by atoms with Gasteiger partial charge in [0.15, 0.2) is 0 Å². The van der Waals surface area contributed by atoms with Crippen molar-refractivity contribution < 1.29 is 4.74 Å². The number of aromatic nitrogens is 1. The topological polar surface area (TPSA) is 34.1 Å². The molecule has 3 rings (SSSR count). The number of ether oxygens (including phenoxy) is 1. The number of nitrogens with zero attached hydrogens (tertiary/aromatic N) is 1. The number of nitrogens with one attached hydrogen (secondary N) is 1. The monoisotopic (exact) mass is 230 g/mol. The first-order chi connectivity index (χ1) is 8.35. The maximum Gasteiger partial charge on any atom is 0.137 e. The third-order valence-electron chi connectivity index (χ3n) is 3.53. The summed E-state index contributed by atoms with van der Waals surface area (Å²) >= 11 is 0. The predicted octanol–water partition coefficient (Wildman–Crippen LogP) is 2.08.